The predicted molar refractivity (Wildman–Crippen MR) is 86.9 cm³/mol. The third-order valence-electron chi connectivity index (χ3n) is 3.30. The topological polar surface area (TPSA) is 32.8 Å². The maximum absolute atomic E-state index is 12.1. The van der Waals surface area contributed by atoms with Gasteiger partial charge in [-0.3, -0.25) is 4.90 Å². The van der Waals surface area contributed by atoms with E-state index in [2.05, 4.69) is 41.3 Å². The molecule has 1 amide bonds. The van der Waals surface area contributed by atoms with Gasteiger partial charge in [-0.2, -0.15) is 0 Å². The van der Waals surface area contributed by atoms with Crippen molar-refractivity contribution in [2.45, 2.75) is 58.7 Å². The summed E-state index contributed by atoms with van der Waals surface area (Å²) in [6.45, 7) is 12.8. The molecule has 2 atom stereocenters. The molecule has 0 aromatic rings. The summed E-state index contributed by atoms with van der Waals surface area (Å²) >= 11 is 2.42. The van der Waals surface area contributed by atoms with Gasteiger partial charge in [0, 0.05) is 29.6 Å². The number of alkyl halides is 1. The lowest BCUT2D eigenvalue weighted by atomic mass is 10.1. The summed E-state index contributed by atoms with van der Waals surface area (Å²) < 4.78 is 6.64. The molecule has 0 aromatic carbocycles. The van der Waals surface area contributed by atoms with Crippen molar-refractivity contribution in [1.29, 1.82) is 0 Å². The Bertz CT molecular complexity index is 292. The number of carbonyl (C=O) groups excluding carboxylic acids is 1. The van der Waals surface area contributed by atoms with Crippen LogP contribution >= 0.6 is 22.6 Å². The van der Waals surface area contributed by atoms with Crippen molar-refractivity contribution in [2.24, 2.45) is 0 Å². The molecule has 1 heterocycles. The van der Waals surface area contributed by atoms with Gasteiger partial charge in [0.15, 0.2) is 0 Å². The molecule has 1 aliphatic heterocycles. The van der Waals surface area contributed by atoms with Crippen LogP contribution in [0.5, 0.6) is 0 Å². The summed E-state index contributed by atoms with van der Waals surface area (Å²) in [7, 11) is 0. The van der Waals surface area contributed by atoms with E-state index < -0.39 is 5.60 Å². The van der Waals surface area contributed by atoms with Gasteiger partial charge >= 0.3 is 6.09 Å². The number of rotatable bonds is 3. The Morgan fingerprint density at radius 3 is 2.21 bits per heavy atom. The van der Waals surface area contributed by atoms with Crippen molar-refractivity contribution < 1.29 is 9.53 Å². The van der Waals surface area contributed by atoms with E-state index >= 15 is 0 Å². The summed E-state index contributed by atoms with van der Waals surface area (Å²) in [4.78, 5) is 16.5. The standard InChI is InChI=1S/C14H27IN2O2/c1-11-9-16(13(18)19-14(3,4)5)10-12(2)17(11)8-6-7-15/h11-12H,6-10H2,1-5H3/t11-,12+. The lowest BCUT2D eigenvalue weighted by Gasteiger charge is -2.44. The van der Waals surface area contributed by atoms with Crippen molar-refractivity contribution in [3.63, 3.8) is 0 Å². The van der Waals surface area contributed by atoms with Crippen LogP contribution in [0, 0.1) is 0 Å². The Morgan fingerprint density at radius 2 is 1.79 bits per heavy atom. The second-order valence-corrected chi connectivity index (χ2v) is 7.44. The maximum atomic E-state index is 12.1. The van der Waals surface area contributed by atoms with E-state index in [4.69, 9.17) is 4.74 Å². The second kappa shape index (κ2) is 7.11. The van der Waals surface area contributed by atoms with Crippen LogP contribution in [0.3, 0.4) is 0 Å². The highest BCUT2D eigenvalue weighted by atomic mass is 127. The summed E-state index contributed by atoms with van der Waals surface area (Å²) in [5.41, 5.74) is -0.415. The Hall–Kier alpha value is -0.0400. The van der Waals surface area contributed by atoms with Crippen LogP contribution in [0.2, 0.25) is 0 Å². The van der Waals surface area contributed by atoms with Gasteiger partial charge in [0.25, 0.3) is 0 Å². The van der Waals surface area contributed by atoms with E-state index in [1.807, 2.05) is 25.7 Å². The number of piperazine rings is 1. The molecule has 0 unspecified atom stereocenters. The van der Waals surface area contributed by atoms with E-state index in [0.717, 1.165) is 19.6 Å². The molecule has 0 N–H and O–H groups in total. The van der Waals surface area contributed by atoms with E-state index in [1.54, 1.807) is 0 Å². The normalized spacial score (nSPS) is 25.5. The van der Waals surface area contributed by atoms with Gasteiger partial charge in [-0.1, -0.05) is 22.6 Å². The van der Waals surface area contributed by atoms with E-state index in [0.29, 0.717) is 12.1 Å². The molecular weight excluding hydrogens is 355 g/mol. The molecule has 1 fully saturated rings. The first-order chi connectivity index (χ1) is 8.74. The molecule has 0 spiro atoms. The first kappa shape index (κ1) is 17.0. The fourth-order valence-electron chi connectivity index (χ4n) is 2.52. The number of nitrogens with zero attached hydrogens (tertiary/aromatic N) is 2. The van der Waals surface area contributed by atoms with Crippen LogP contribution in [0.1, 0.15) is 41.0 Å². The van der Waals surface area contributed by atoms with Gasteiger partial charge in [0.2, 0.25) is 0 Å². The fourth-order valence-corrected chi connectivity index (χ4v) is 2.86. The molecule has 0 aromatic heterocycles. The van der Waals surface area contributed by atoms with E-state index in [9.17, 15) is 4.79 Å². The van der Waals surface area contributed by atoms with Crippen LogP contribution < -0.4 is 0 Å². The van der Waals surface area contributed by atoms with Gasteiger partial charge in [0.05, 0.1) is 0 Å². The van der Waals surface area contributed by atoms with Gasteiger partial charge in [0.1, 0.15) is 5.60 Å². The summed E-state index contributed by atoms with van der Waals surface area (Å²) in [6.07, 6.45) is 1.03. The van der Waals surface area contributed by atoms with Crippen LogP contribution in [-0.4, -0.2) is 57.6 Å². The number of ether oxygens (including phenoxy) is 1. The Morgan fingerprint density at radius 1 is 1.26 bits per heavy atom. The SMILES string of the molecule is C[C@@H]1CN(C(=O)OC(C)(C)C)C[C@H](C)N1CCCI. The highest BCUT2D eigenvalue weighted by Gasteiger charge is 2.33. The molecule has 1 saturated heterocycles. The minimum atomic E-state index is -0.415. The van der Waals surface area contributed by atoms with Gasteiger partial charge in [-0.25, -0.2) is 4.79 Å². The van der Waals surface area contributed by atoms with E-state index in [-0.39, 0.29) is 6.09 Å². The van der Waals surface area contributed by atoms with Gasteiger partial charge in [-0.05, 0) is 47.6 Å². The van der Waals surface area contributed by atoms with Crippen LogP contribution in [0.15, 0.2) is 0 Å². The zero-order valence-electron chi connectivity index (χ0n) is 12.8. The second-order valence-electron chi connectivity index (χ2n) is 6.36. The molecule has 1 aliphatic rings. The molecular formula is C14H27IN2O2. The number of carbonyl (C=O) groups is 1. The van der Waals surface area contributed by atoms with E-state index in [1.165, 1.54) is 10.8 Å². The highest BCUT2D eigenvalue weighted by Crippen LogP contribution is 2.19. The van der Waals surface area contributed by atoms with Crippen LogP contribution in [-0.2, 0) is 4.74 Å². The molecule has 0 bridgehead atoms. The smallest absolute Gasteiger partial charge is 0.410 e. The number of hydrogen-bond donors (Lipinski definition) is 0. The zero-order valence-corrected chi connectivity index (χ0v) is 14.9. The Labute approximate surface area is 131 Å². The minimum Gasteiger partial charge on any atom is -0.444 e. The fraction of sp³-hybridized carbons (Fsp3) is 0.929. The van der Waals surface area contributed by atoms with Crippen LogP contribution in [0.25, 0.3) is 0 Å². The lowest BCUT2D eigenvalue weighted by Crippen LogP contribution is -2.58. The van der Waals surface area contributed by atoms with Crippen molar-refractivity contribution in [3.05, 3.63) is 0 Å². The first-order valence-corrected chi connectivity index (χ1v) is 8.57. The zero-order chi connectivity index (χ0) is 14.6. The number of hydrogen-bond acceptors (Lipinski definition) is 3. The molecule has 0 radical (unpaired) electrons. The summed E-state index contributed by atoms with van der Waals surface area (Å²) in [5, 5.41) is 0. The number of amides is 1. The minimum absolute atomic E-state index is 0.181. The quantitative estimate of drug-likeness (QED) is 0.556. The predicted octanol–water partition coefficient (Wildman–Crippen LogP) is 3.14. The molecule has 5 heteroatoms. The average Bonchev–Trinajstić information content (AvgIpc) is 2.25. The van der Waals surface area contributed by atoms with Crippen molar-refractivity contribution >= 4 is 28.7 Å². The maximum Gasteiger partial charge on any atom is 0.410 e. The monoisotopic (exact) mass is 382 g/mol. The summed E-state index contributed by atoms with van der Waals surface area (Å²) in [6, 6.07) is 0.804. The third kappa shape index (κ3) is 5.45. The van der Waals surface area contributed by atoms with Gasteiger partial charge < -0.3 is 9.64 Å². The molecule has 0 saturated carbocycles. The molecule has 1 rings (SSSR count). The molecule has 0 aliphatic carbocycles. The van der Waals surface area contributed by atoms with Crippen molar-refractivity contribution in [2.75, 3.05) is 24.1 Å². The largest absolute Gasteiger partial charge is 0.444 e. The average molecular weight is 382 g/mol. The number of halogens is 1. The Balaban J connectivity index is 2.56. The van der Waals surface area contributed by atoms with Crippen molar-refractivity contribution in [1.82, 2.24) is 9.80 Å². The molecule has 4 nitrogen and oxygen atoms in total. The Kier molecular flexibility index (Phi) is 6.36. The molecule has 112 valence electrons. The summed E-state index contributed by atoms with van der Waals surface area (Å²) in [5.74, 6) is 0. The molecule has 19 heavy (non-hydrogen) atoms. The van der Waals surface area contributed by atoms with Crippen molar-refractivity contribution in [3.8, 4) is 0 Å². The third-order valence-corrected chi connectivity index (χ3v) is 4.07. The van der Waals surface area contributed by atoms with Gasteiger partial charge in [-0.15, -0.1) is 0 Å². The lowest BCUT2D eigenvalue weighted by molar-refractivity contribution is -0.00732. The highest BCUT2D eigenvalue weighted by molar-refractivity contribution is 14.1. The van der Waals surface area contributed by atoms with Crippen LogP contribution in [0.4, 0.5) is 4.79 Å². The first-order valence-electron chi connectivity index (χ1n) is 7.04.